The minimum absolute atomic E-state index is 0.0211. The fourth-order valence-corrected chi connectivity index (χ4v) is 2.51. The predicted octanol–water partition coefficient (Wildman–Crippen LogP) is 2.41. The second-order valence-corrected chi connectivity index (χ2v) is 5.95. The van der Waals surface area contributed by atoms with E-state index in [1.807, 2.05) is 36.6 Å². The van der Waals surface area contributed by atoms with Crippen LogP contribution in [0.2, 0.25) is 0 Å². The van der Waals surface area contributed by atoms with E-state index in [4.69, 9.17) is 12.2 Å². The largest absolute Gasteiger partial charge is 0.298 e. The number of rotatable bonds is 3. The Morgan fingerprint density at radius 1 is 1.13 bits per heavy atom. The lowest BCUT2D eigenvalue weighted by Gasteiger charge is -2.10. The van der Waals surface area contributed by atoms with Gasteiger partial charge in [0.1, 0.15) is 0 Å². The smallest absolute Gasteiger partial charge is 0.269 e. The van der Waals surface area contributed by atoms with Gasteiger partial charge in [0, 0.05) is 16.5 Å². The second-order valence-electron chi connectivity index (χ2n) is 4.56. The van der Waals surface area contributed by atoms with E-state index >= 15 is 0 Å². The summed E-state index contributed by atoms with van der Waals surface area (Å²) in [5.41, 5.74) is 6.33. The number of thiophene rings is 1. The summed E-state index contributed by atoms with van der Waals surface area (Å²) in [5.74, 6) is -0.699. The molecule has 0 atom stereocenters. The Kier molecular flexibility index (Phi) is 6.02. The minimum atomic E-state index is -0.374. The summed E-state index contributed by atoms with van der Waals surface area (Å²) in [6.07, 6.45) is 3.07. The molecule has 1 heterocycles. The number of carbonyl (C=O) groups excluding carboxylic acids is 2. The van der Waals surface area contributed by atoms with Gasteiger partial charge in [0.25, 0.3) is 5.91 Å². The van der Waals surface area contributed by atoms with E-state index in [1.54, 1.807) is 18.2 Å². The van der Waals surface area contributed by atoms with Gasteiger partial charge in [-0.1, -0.05) is 24.3 Å². The maximum atomic E-state index is 12.0. The van der Waals surface area contributed by atoms with Gasteiger partial charge in [-0.15, -0.1) is 11.3 Å². The Hall–Kier alpha value is -2.51. The molecule has 0 aliphatic heterocycles. The van der Waals surface area contributed by atoms with Gasteiger partial charge in [-0.2, -0.15) is 0 Å². The number of hydrogen-bond acceptors (Lipinski definition) is 4. The maximum Gasteiger partial charge on any atom is 0.269 e. The molecule has 7 heteroatoms. The number of carbonyl (C=O) groups is 2. The normalized spacial score (nSPS) is 10.3. The molecule has 1 aromatic carbocycles. The molecule has 118 valence electrons. The van der Waals surface area contributed by atoms with Crippen molar-refractivity contribution < 1.29 is 9.59 Å². The first-order valence-electron chi connectivity index (χ1n) is 6.75. The number of thiocarbonyl (C=S) groups is 1. The number of aryl methyl sites for hydroxylation is 1. The summed E-state index contributed by atoms with van der Waals surface area (Å²) >= 11 is 6.48. The molecule has 0 bridgehead atoms. The van der Waals surface area contributed by atoms with Crippen molar-refractivity contribution in [2.75, 3.05) is 0 Å². The standard InChI is InChI=1S/C16H15N3O2S2/c1-11-5-2-3-7-13(11)15(21)18-19-16(22)17-14(20)9-8-12-6-4-10-23-12/h2-10H,1H3,(H,18,21)(H2,17,19,20,22). The van der Waals surface area contributed by atoms with Crippen LogP contribution in [0.25, 0.3) is 6.08 Å². The second kappa shape index (κ2) is 8.21. The zero-order chi connectivity index (χ0) is 16.7. The van der Waals surface area contributed by atoms with Gasteiger partial charge >= 0.3 is 0 Å². The van der Waals surface area contributed by atoms with Crippen LogP contribution in [-0.4, -0.2) is 16.9 Å². The summed E-state index contributed by atoms with van der Waals surface area (Å²) in [6, 6.07) is 11.0. The summed E-state index contributed by atoms with van der Waals surface area (Å²) in [6.45, 7) is 1.84. The lowest BCUT2D eigenvalue weighted by molar-refractivity contribution is -0.115. The molecule has 0 spiro atoms. The molecular weight excluding hydrogens is 330 g/mol. The van der Waals surface area contributed by atoms with Crippen molar-refractivity contribution in [2.24, 2.45) is 0 Å². The van der Waals surface area contributed by atoms with E-state index in [2.05, 4.69) is 16.2 Å². The molecule has 0 aliphatic carbocycles. The molecule has 0 fully saturated rings. The minimum Gasteiger partial charge on any atom is -0.298 e. The van der Waals surface area contributed by atoms with Crippen LogP contribution in [-0.2, 0) is 4.79 Å². The lowest BCUT2D eigenvalue weighted by Crippen LogP contribution is -2.48. The van der Waals surface area contributed by atoms with Crippen LogP contribution in [0.5, 0.6) is 0 Å². The van der Waals surface area contributed by atoms with Crippen molar-refractivity contribution >= 4 is 46.6 Å². The number of nitrogens with one attached hydrogen (secondary N) is 3. The number of hydrogen-bond donors (Lipinski definition) is 3. The highest BCUT2D eigenvalue weighted by Gasteiger charge is 2.08. The van der Waals surface area contributed by atoms with Crippen LogP contribution in [0.3, 0.4) is 0 Å². The van der Waals surface area contributed by atoms with Crippen LogP contribution in [0, 0.1) is 6.92 Å². The van der Waals surface area contributed by atoms with Crippen molar-refractivity contribution in [2.45, 2.75) is 6.92 Å². The molecule has 0 aliphatic rings. The maximum absolute atomic E-state index is 12.0. The summed E-state index contributed by atoms with van der Waals surface area (Å²) in [5, 5.41) is 4.39. The molecule has 23 heavy (non-hydrogen) atoms. The Morgan fingerprint density at radius 3 is 2.61 bits per heavy atom. The molecule has 0 saturated carbocycles. The zero-order valence-electron chi connectivity index (χ0n) is 12.3. The highest BCUT2D eigenvalue weighted by Crippen LogP contribution is 2.09. The molecule has 0 radical (unpaired) electrons. The number of hydrazine groups is 1. The highest BCUT2D eigenvalue weighted by atomic mass is 32.1. The molecule has 0 saturated heterocycles. The zero-order valence-corrected chi connectivity index (χ0v) is 14.0. The highest BCUT2D eigenvalue weighted by molar-refractivity contribution is 7.80. The summed E-state index contributed by atoms with van der Waals surface area (Å²) in [7, 11) is 0. The van der Waals surface area contributed by atoms with Gasteiger partial charge in [-0.25, -0.2) is 0 Å². The van der Waals surface area contributed by atoms with Gasteiger partial charge in [0.05, 0.1) is 0 Å². The molecule has 2 amide bonds. The summed E-state index contributed by atoms with van der Waals surface area (Å²) < 4.78 is 0. The lowest BCUT2D eigenvalue weighted by atomic mass is 10.1. The molecule has 3 N–H and O–H groups in total. The van der Waals surface area contributed by atoms with Gasteiger partial charge in [-0.05, 0) is 48.3 Å². The third kappa shape index (κ3) is 5.32. The first kappa shape index (κ1) is 16.9. The van der Waals surface area contributed by atoms with Crippen molar-refractivity contribution in [1.29, 1.82) is 0 Å². The van der Waals surface area contributed by atoms with E-state index in [0.717, 1.165) is 10.4 Å². The van der Waals surface area contributed by atoms with E-state index < -0.39 is 0 Å². The van der Waals surface area contributed by atoms with Crippen LogP contribution in [0.15, 0.2) is 47.9 Å². The van der Waals surface area contributed by atoms with Crippen molar-refractivity contribution in [1.82, 2.24) is 16.2 Å². The first-order chi connectivity index (χ1) is 11.1. The number of amides is 2. The predicted molar refractivity (Wildman–Crippen MR) is 95.9 cm³/mol. The van der Waals surface area contributed by atoms with Gasteiger partial charge in [0.2, 0.25) is 5.91 Å². The molecule has 1 aromatic heterocycles. The van der Waals surface area contributed by atoms with Crippen molar-refractivity contribution in [3.8, 4) is 0 Å². The van der Waals surface area contributed by atoms with Crippen LogP contribution >= 0.6 is 23.6 Å². The third-order valence-electron chi connectivity index (χ3n) is 2.86. The van der Waals surface area contributed by atoms with E-state index in [0.29, 0.717) is 5.56 Å². The van der Waals surface area contributed by atoms with Crippen LogP contribution in [0.4, 0.5) is 0 Å². The fourth-order valence-electron chi connectivity index (χ4n) is 1.74. The quantitative estimate of drug-likeness (QED) is 0.454. The van der Waals surface area contributed by atoms with Gasteiger partial charge in [0.15, 0.2) is 5.11 Å². The Bertz CT molecular complexity index is 740. The molecule has 2 rings (SSSR count). The van der Waals surface area contributed by atoms with Crippen molar-refractivity contribution in [3.05, 3.63) is 63.9 Å². The third-order valence-corrected chi connectivity index (χ3v) is 3.90. The van der Waals surface area contributed by atoms with Crippen LogP contribution < -0.4 is 16.2 Å². The topological polar surface area (TPSA) is 70.2 Å². The summed E-state index contributed by atoms with van der Waals surface area (Å²) in [4.78, 5) is 24.6. The van der Waals surface area contributed by atoms with Crippen molar-refractivity contribution in [3.63, 3.8) is 0 Å². The Balaban J connectivity index is 1.80. The Labute approximate surface area is 143 Å². The fraction of sp³-hybridized carbons (Fsp3) is 0.0625. The van der Waals surface area contributed by atoms with Gasteiger partial charge < -0.3 is 0 Å². The van der Waals surface area contributed by atoms with Crippen LogP contribution in [0.1, 0.15) is 20.8 Å². The van der Waals surface area contributed by atoms with E-state index in [-0.39, 0.29) is 16.9 Å². The SMILES string of the molecule is Cc1ccccc1C(=O)NNC(=S)NC(=O)C=Cc1cccs1. The molecular formula is C16H15N3O2S2. The average molecular weight is 345 g/mol. The molecule has 2 aromatic rings. The monoisotopic (exact) mass is 345 g/mol. The van der Waals surface area contributed by atoms with E-state index in [1.165, 1.54) is 17.4 Å². The van der Waals surface area contributed by atoms with E-state index in [9.17, 15) is 9.59 Å². The molecule has 0 unspecified atom stereocenters. The van der Waals surface area contributed by atoms with Gasteiger partial charge in [-0.3, -0.25) is 25.8 Å². The molecule has 5 nitrogen and oxygen atoms in total. The number of benzene rings is 1. The first-order valence-corrected chi connectivity index (χ1v) is 8.03. The average Bonchev–Trinajstić information content (AvgIpc) is 3.04. The Morgan fingerprint density at radius 2 is 1.91 bits per heavy atom.